The van der Waals surface area contributed by atoms with Crippen LogP contribution in [0.5, 0.6) is 0 Å². The fourth-order valence-electron chi connectivity index (χ4n) is 3.34. The van der Waals surface area contributed by atoms with Gasteiger partial charge in [-0.05, 0) is 42.3 Å². The molecule has 0 aliphatic carbocycles. The molecular formula is C22H22F3N3O. The van der Waals surface area contributed by atoms with E-state index in [0.717, 1.165) is 12.1 Å². The molecule has 152 valence electrons. The molecule has 1 N–H and O–H groups in total. The number of hydrogen-bond donors (Lipinski definition) is 1. The zero-order chi connectivity index (χ0) is 21.9. The SMILES string of the molecule is CC.CNC(=O)c1c(C)c2cc(C#N)cc(-c3ccc(C(F)(F)F)cc3)c2n1C. The van der Waals surface area contributed by atoms with Crippen molar-refractivity contribution in [2.75, 3.05) is 7.05 Å². The van der Waals surface area contributed by atoms with Crippen molar-refractivity contribution in [3.63, 3.8) is 0 Å². The van der Waals surface area contributed by atoms with Gasteiger partial charge >= 0.3 is 6.18 Å². The molecule has 7 heteroatoms. The number of carbonyl (C=O) groups is 1. The largest absolute Gasteiger partial charge is 0.416 e. The molecule has 0 aliphatic rings. The summed E-state index contributed by atoms with van der Waals surface area (Å²) in [4.78, 5) is 12.3. The van der Waals surface area contributed by atoms with Crippen molar-refractivity contribution in [2.45, 2.75) is 26.9 Å². The quantitative estimate of drug-likeness (QED) is 0.622. The molecular weight excluding hydrogens is 379 g/mol. The second-order valence-electron chi connectivity index (χ2n) is 6.22. The number of aryl methyl sites for hydroxylation is 2. The Bertz CT molecular complexity index is 1090. The van der Waals surface area contributed by atoms with Gasteiger partial charge in [0.1, 0.15) is 5.69 Å². The maximum Gasteiger partial charge on any atom is 0.416 e. The van der Waals surface area contributed by atoms with E-state index >= 15 is 0 Å². The molecule has 0 saturated heterocycles. The van der Waals surface area contributed by atoms with Crippen molar-refractivity contribution in [3.8, 4) is 17.2 Å². The van der Waals surface area contributed by atoms with E-state index in [1.165, 1.54) is 19.2 Å². The molecule has 1 aromatic heterocycles. The van der Waals surface area contributed by atoms with Crippen LogP contribution in [-0.2, 0) is 13.2 Å². The van der Waals surface area contributed by atoms with E-state index in [1.807, 2.05) is 13.8 Å². The molecule has 0 unspecified atom stereocenters. The molecule has 2 aromatic carbocycles. The third-order valence-corrected chi connectivity index (χ3v) is 4.63. The van der Waals surface area contributed by atoms with Crippen LogP contribution in [0.25, 0.3) is 22.0 Å². The summed E-state index contributed by atoms with van der Waals surface area (Å²) in [5.74, 6) is -0.275. The standard InChI is InChI=1S/C20H16F3N3O.C2H6/c1-11-15-8-12(10-24)9-16(18(15)26(3)17(11)19(27)25-2)13-4-6-14(7-5-13)20(21,22)23;1-2/h4-9H,1-3H3,(H,25,27);1-2H3. The van der Waals surface area contributed by atoms with Gasteiger partial charge in [0.05, 0.1) is 22.7 Å². The average Bonchev–Trinajstić information content (AvgIpc) is 2.98. The minimum absolute atomic E-state index is 0.275. The first-order valence-corrected chi connectivity index (χ1v) is 9.12. The molecule has 0 fully saturated rings. The minimum Gasteiger partial charge on any atom is -0.354 e. The molecule has 3 rings (SSSR count). The Hall–Kier alpha value is -3.27. The van der Waals surface area contributed by atoms with Crippen LogP contribution in [-0.4, -0.2) is 17.5 Å². The van der Waals surface area contributed by atoms with Gasteiger partial charge in [0.15, 0.2) is 0 Å². The second-order valence-corrected chi connectivity index (χ2v) is 6.22. The van der Waals surface area contributed by atoms with Crippen LogP contribution in [0.4, 0.5) is 13.2 Å². The van der Waals surface area contributed by atoms with Gasteiger partial charge in [-0.2, -0.15) is 18.4 Å². The Kier molecular flexibility index (Phi) is 6.38. The fourth-order valence-corrected chi connectivity index (χ4v) is 3.34. The van der Waals surface area contributed by atoms with Crippen LogP contribution in [0.3, 0.4) is 0 Å². The predicted molar refractivity (Wildman–Crippen MR) is 108 cm³/mol. The Morgan fingerprint density at radius 2 is 1.72 bits per heavy atom. The van der Waals surface area contributed by atoms with Gasteiger partial charge in [-0.3, -0.25) is 4.79 Å². The number of nitrogens with zero attached hydrogens (tertiary/aromatic N) is 2. The summed E-state index contributed by atoms with van der Waals surface area (Å²) in [5, 5.41) is 12.7. The van der Waals surface area contributed by atoms with Crippen LogP contribution in [0.1, 0.15) is 41.0 Å². The van der Waals surface area contributed by atoms with Crippen molar-refractivity contribution in [1.82, 2.24) is 9.88 Å². The van der Waals surface area contributed by atoms with Gasteiger partial charge in [0.2, 0.25) is 0 Å². The minimum atomic E-state index is -4.42. The van der Waals surface area contributed by atoms with Crippen molar-refractivity contribution in [1.29, 1.82) is 5.26 Å². The summed E-state index contributed by atoms with van der Waals surface area (Å²) >= 11 is 0. The summed E-state index contributed by atoms with van der Waals surface area (Å²) in [6, 6.07) is 10.2. The highest BCUT2D eigenvalue weighted by Crippen LogP contribution is 2.36. The molecule has 0 bridgehead atoms. The topological polar surface area (TPSA) is 57.8 Å². The van der Waals surface area contributed by atoms with E-state index in [2.05, 4.69) is 11.4 Å². The first-order valence-electron chi connectivity index (χ1n) is 9.12. The highest BCUT2D eigenvalue weighted by atomic mass is 19.4. The molecule has 0 aliphatic heterocycles. The number of amides is 1. The normalized spacial score (nSPS) is 10.9. The van der Waals surface area contributed by atoms with E-state index in [-0.39, 0.29) is 5.91 Å². The average molecular weight is 401 g/mol. The zero-order valence-corrected chi connectivity index (χ0v) is 16.9. The highest BCUT2D eigenvalue weighted by Gasteiger charge is 2.30. The molecule has 0 saturated carbocycles. The number of benzene rings is 2. The van der Waals surface area contributed by atoms with E-state index in [0.29, 0.717) is 38.9 Å². The van der Waals surface area contributed by atoms with Crippen molar-refractivity contribution in [2.24, 2.45) is 7.05 Å². The number of rotatable bonds is 2. The number of alkyl halides is 3. The lowest BCUT2D eigenvalue weighted by Crippen LogP contribution is -2.21. The van der Waals surface area contributed by atoms with E-state index < -0.39 is 11.7 Å². The molecule has 0 spiro atoms. The van der Waals surface area contributed by atoms with Crippen LogP contribution in [0.2, 0.25) is 0 Å². The lowest BCUT2D eigenvalue weighted by Gasteiger charge is -2.11. The molecule has 0 atom stereocenters. The maximum atomic E-state index is 12.9. The first-order chi connectivity index (χ1) is 13.7. The van der Waals surface area contributed by atoms with Crippen molar-refractivity contribution in [3.05, 3.63) is 58.8 Å². The summed E-state index contributed by atoms with van der Waals surface area (Å²) in [6.45, 7) is 5.78. The van der Waals surface area contributed by atoms with E-state index in [4.69, 9.17) is 0 Å². The van der Waals surface area contributed by atoms with Gasteiger partial charge in [-0.25, -0.2) is 0 Å². The number of carbonyl (C=O) groups excluding carboxylic acids is 1. The van der Waals surface area contributed by atoms with Gasteiger partial charge in [0, 0.05) is 25.0 Å². The Balaban J connectivity index is 0.00000145. The van der Waals surface area contributed by atoms with Gasteiger partial charge in [0.25, 0.3) is 5.91 Å². The summed E-state index contributed by atoms with van der Waals surface area (Å²) < 4.78 is 40.3. The molecule has 4 nitrogen and oxygen atoms in total. The van der Waals surface area contributed by atoms with Crippen LogP contribution < -0.4 is 5.32 Å². The molecule has 1 heterocycles. The number of aromatic nitrogens is 1. The van der Waals surface area contributed by atoms with Crippen LogP contribution in [0, 0.1) is 18.3 Å². The molecule has 0 radical (unpaired) electrons. The zero-order valence-electron chi connectivity index (χ0n) is 16.9. The summed E-state index contributed by atoms with van der Waals surface area (Å²) in [7, 11) is 3.25. The second kappa shape index (κ2) is 8.39. The smallest absolute Gasteiger partial charge is 0.354 e. The third-order valence-electron chi connectivity index (χ3n) is 4.63. The van der Waals surface area contributed by atoms with Gasteiger partial charge in [-0.1, -0.05) is 26.0 Å². The molecule has 3 aromatic rings. The van der Waals surface area contributed by atoms with E-state index in [9.17, 15) is 23.2 Å². The van der Waals surface area contributed by atoms with Crippen molar-refractivity contribution >= 4 is 16.8 Å². The summed E-state index contributed by atoms with van der Waals surface area (Å²) in [6.07, 6.45) is -4.42. The third kappa shape index (κ3) is 3.97. The number of fused-ring (bicyclic) bond motifs is 1. The van der Waals surface area contributed by atoms with Crippen molar-refractivity contribution < 1.29 is 18.0 Å². The van der Waals surface area contributed by atoms with E-state index in [1.54, 1.807) is 30.7 Å². The number of halogens is 3. The Morgan fingerprint density at radius 1 is 1.14 bits per heavy atom. The number of hydrogen-bond acceptors (Lipinski definition) is 2. The van der Waals surface area contributed by atoms with Crippen LogP contribution >= 0.6 is 0 Å². The lowest BCUT2D eigenvalue weighted by atomic mass is 9.98. The predicted octanol–water partition coefficient (Wildman–Crippen LogP) is 5.43. The van der Waals surface area contributed by atoms with Crippen LogP contribution in [0.15, 0.2) is 36.4 Å². The summed E-state index contributed by atoms with van der Waals surface area (Å²) in [5.41, 5.74) is 2.59. The first kappa shape index (κ1) is 22.0. The Labute approximate surface area is 167 Å². The number of nitrogens with one attached hydrogen (secondary N) is 1. The maximum absolute atomic E-state index is 12.9. The number of nitriles is 1. The molecule has 29 heavy (non-hydrogen) atoms. The Morgan fingerprint density at radius 3 is 2.21 bits per heavy atom. The fraction of sp³-hybridized carbons (Fsp3) is 0.273. The van der Waals surface area contributed by atoms with Gasteiger partial charge in [-0.15, -0.1) is 0 Å². The van der Waals surface area contributed by atoms with Gasteiger partial charge < -0.3 is 9.88 Å². The molecule has 1 amide bonds. The highest BCUT2D eigenvalue weighted by molar-refractivity contribution is 6.06. The monoisotopic (exact) mass is 401 g/mol. The lowest BCUT2D eigenvalue weighted by molar-refractivity contribution is -0.137.